The Morgan fingerprint density at radius 2 is 1.93 bits per heavy atom. The summed E-state index contributed by atoms with van der Waals surface area (Å²) >= 11 is 0. The number of nitrogens with zero attached hydrogens (tertiary/aromatic N) is 2. The number of H-pyrrole nitrogens is 1. The highest BCUT2D eigenvalue weighted by Gasteiger charge is 2.13. The minimum atomic E-state index is -0.502. The Kier molecular flexibility index (Phi) is 5.94. The number of carbonyl (C=O) groups is 1. The van der Waals surface area contributed by atoms with Gasteiger partial charge in [0.1, 0.15) is 5.75 Å². The van der Waals surface area contributed by atoms with Gasteiger partial charge >= 0.3 is 0 Å². The van der Waals surface area contributed by atoms with Crippen LogP contribution in [0.25, 0.3) is 10.8 Å². The Balaban J connectivity index is 1.66. The van der Waals surface area contributed by atoms with Crippen LogP contribution < -0.4 is 15.7 Å². The van der Waals surface area contributed by atoms with E-state index in [0.29, 0.717) is 17.4 Å². The number of hydrogen-bond acceptors (Lipinski definition) is 5. The zero-order valence-electron chi connectivity index (χ0n) is 14.9. The molecule has 138 valence electrons. The highest BCUT2D eigenvalue weighted by Crippen LogP contribution is 2.13. The highest BCUT2D eigenvalue weighted by atomic mass is 16.5. The van der Waals surface area contributed by atoms with E-state index >= 15 is 0 Å². The third kappa shape index (κ3) is 4.58. The van der Waals surface area contributed by atoms with Crippen LogP contribution in [-0.2, 0) is 0 Å². The van der Waals surface area contributed by atoms with Crippen LogP contribution in [-0.4, -0.2) is 28.9 Å². The van der Waals surface area contributed by atoms with Crippen molar-refractivity contribution in [2.75, 3.05) is 6.61 Å². The number of unbranched alkanes of at least 4 members (excludes halogenated alkanes) is 1. The molecule has 7 nitrogen and oxygen atoms in total. The number of amides is 1. The number of aromatic nitrogens is 2. The molecular formula is C20H20N4O3. The third-order valence-corrected chi connectivity index (χ3v) is 3.94. The van der Waals surface area contributed by atoms with Crippen LogP contribution in [0.15, 0.2) is 58.4 Å². The molecule has 0 atom stereocenters. The first-order valence-electron chi connectivity index (χ1n) is 8.72. The van der Waals surface area contributed by atoms with Crippen LogP contribution in [0.2, 0.25) is 0 Å². The Labute approximate surface area is 156 Å². The second-order valence-electron chi connectivity index (χ2n) is 5.92. The van der Waals surface area contributed by atoms with Crippen molar-refractivity contribution in [2.45, 2.75) is 19.8 Å². The molecule has 0 unspecified atom stereocenters. The van der Waals surface area contributed by atoms with Gasteiger partial charge in [0.2, 0.25) is 0 Å². The number of nitrogens with one attached hydrogen (secondary N) is 2. The number of fused-ring (bicyclic) bond motifs is 1. The van der Waals surface area contributed by atoms with Gasteiger partial charge in [-0.15, -0.1) is 0 Å². The summed E-state index contributed by atoms with van der Waals surface area (Å²) in [5.74, 6) is 0.298. The Morgan fingerprint density at radius 1 is 1.19 bits per heavy atom. The van der Waals surface area contributed by atoms with E-state index in [2.05, 4.69) is 27.6 Å². The lowest BCUT2D eigenvalue weighted by Gasteiger charge is -2.05. The van der Waals surface area contributed by atoms with E-state index in [0.717, 1.165) is 24.2 Å². The summed E-state index contributed by atoms with van der Waals surface area (Å²) in [6, 6.07) is 14.2. The molecule has 0 radical (unpaired) electrons. The largest absolute Gasteiger partial charge is 0.494 e. The zero-order chi connectivity index (χ0) is 19.1. The van der Waals surface area contributed by atoms with Gasteiger partial charge in [-0.3, -0.25) is 9.59 Å². The van der Waals surface area contributed by atoms with E-state index in [9.17, 15) is 9.59 Å². The number of hydrazone groups is 1. The summed E-state index contributed by atoms with van der Waals surface area (Å²) in [5, 5.41) is 11.0. The van der Waals surface area contributed by atoms with Gasteiger partial charge in [0.05, 0.1) is 18.2 Å². The molecule has 0 aliphatic carbocycles. The van der Waals surface area contributed by atoms with E-state index in [1.165, 1.54) is 6.21 Å². The molecular weight excluding hydrogens is 344 g/mol. The van der Waals surface area contributed by atoms with Crippen molar-refractivity contribution in [2.24, 2.45) is 5.10 Å². The van der Waals surface area contributed by atoms with Crippen molar-refractivity contribution in [1.29, 1.82) is 0 Å². The predicted molar refractivity (Wildman–Crippen MR) is 104 cm³/mol. The van der Waals surface area contributed by atoms with Gasteiger partial charge in [0, 0.05) is 5.39 Å². The fourth-order valence-corrected chi connectivity index (χ4v) is 2.49. The van der Waals surface area contributed by atoms with Crippen molar-refractivity contribution in [1.82, 2.24) is 15.6 Å². The zero-order valence-corrected chi connectivity index (χ0v) is 14.9. The highest BCUT2D eigenvalue weighted by molar-refractivity contribution is 6.04. The van der Waals surface area contributed by atoms with Crippen LogP contribution >= 0.6 is 0 Å². The standard InChI is InChI=1S/C20H20N4O3/c1-2-3-12-27-15-10-8-14(9-11-15)13-21-23-20(26)18-16-6-4-5-7-17(16)19(25)24-22-18/h4-11,13H,2-3,12H2,1H3,(H,23,26)(H,24,25)/b21-13-. The minimum absolute atomic E-state index is 0.113. The summed E-state index contributed by atoms with van der Waals surface area (Å²) in [6.45, 7) is 2.81. The molecule has 27 heavy (non-hydrogen) atoms. The van der Waals surface area contributed by atoms with E-state index < -0.39 is 5.91 Å². The lowest BCUT2D eigenvalue weighted by Crippen LogP contribution is -2.22. The van der Waals surface area contributed by atoms with Crippen molar-refractivity contribution in [3.8, 4) is 5.75 Å². The molecule has 0 bridgehead atoms. The smallest absolute Gasteiger partial charge is 0.292 e. The molecule has 1 heterocycles. The number of carbonyl (C=O) groups excluding carboxylic acids is 1. The summed E-state index contributed by atoms with van der Waals surface area (Å²) < 4.78 is 5.60. The van der Waals surface area contributed by atoms with Gasteiger partial charge in [-0.25, -0.2) is 10.5 Å². The summed E-state index contributed by atoms with van der Waals surface area (Å²) in [5.41, 5.74) is 3.02. The molecule has 0 saturated heterocycles. The second-order valence-corrected chi connectivity index (χ2v) is 5.92. The van der Waals surface area contributed by atoms with E-state index in [1.807, 2.05) is 24.3 Å². The van der Waals surface area contributed by atoms with Crippen LogP contribution in [0.4, 0.5) is 0 Å². The van der Waals surface area contributed by atoms with Crippen LogP contribution in [0.1, 0.15) is 35.8 Å². The molecule has 3 aromatic rings. The maximum Gasteiger partial charge on any atom is 0.292 e. The monoisotopic (exact) mass is 364 g/mol. The number of benzene rings is 2. The molecule has 2 N–H and O–H groups in total. The van der Waals surface area contributed by atoms with E-state index in [-0.39, 0.29) is 11.3 Å². The maximum absolute atomic E-state index is 12.3. The Hall–Kier alpha value is -3.48. The second kappa shape index (κ2) is 8.75. The summed E-state index contributed by atoms with van der Waals surface area (Å²) in [6.07, 6.45) is 3.63. The van der Waals surface area contributed by atoms with E-state index in [1.54, 1.807) is 24.3 Å². The summed E-state index contributed by atoms with van der Waals surface area (Å²) in [7, 11) is 0. The first-order chi connectivity index (χ1) is 13.2. The quantitative estimate of drug-likeness (QED) is 0.383. The number of aromatic amines is 1. The first kappa shape index (κ1) is 18.3. The van der Waals surface area contributed by atoms with Gasteiger partial charge in [-0.1, -0.05) is 31.5 Å². The van der Waals surface area contributed by atoms with Gasteiger partial charge < -0.3 is 4.74 Å². The number of rotatable bonds is 7. The fourth-order valence-electron chi connectivity index (χ4n) is 2.49. The number of hydrogen-bond donors (Lipinski definition) is 2. The third-order valence-electron chi connectivity index (χ3n) is 3.94. The lowest BCUT2D eigenvalue weighted by atomic mass is 10.1. The lowest BCUT2D eigenvalue weighted by molar-refractivity contribution is 0.0951. The molecule has 1 amide bonds. The molecule has 0 fully saturated rings. The topological polar surface area (TPSA) is 96.4 Å². The SMILES string of the molecule is CCCCOc1ccc(/C=N\NC(=O)c2n[nH]c(=O)c3ccccc23)cc1. The first-order valence-corrected chi connectivity index (χ1v) is 8.72. The maximum atomic E-state index is 12.3. The fraction of sp³-hybridized carbons (Fsp3) is 0.200. The minimum Gasteiger partial charge on any atom is -0.494 e. The van der Waals surface area contributed by atoms with Crippen LogP contribution in [0, 0.1) is 0 Å². The molecule has 0 aliphatic heterocycles. The number of ether oxygens (including phenoxy) is 1. The Morgan fingerprint density at radius 3 is 2.67 bits per heavy atom. The average Bonchev–Trinajstić information content (AvgIpc) is 2.70. The summed E-state index contributed by atoms with van der Waals surface area (Å²) in [4.78, 5) is 24.1. The average molecular weight is 364 g/mol. The molecule has 0 spiro atoms. The normalized spacial score (nSPS) is 11.0. The van der Waals surface area contributed by atoms with Crippen molar-refractivity contribution in [3.63, 3.8) is 0 Å². The van der Waals surface area contributed by atoms with Gasteiger partial charge in [-0.05, 0) is 42.3 Å². The molecule has 2 aromatic carbocycles. The van der Waals surface area contributed by atoms with Gasteiger partial charge in [0.15, 0.2) is 5.69 Å². The van der Waals surface area contributed by atoms with E-state index in [4.69, 9.17) is 4.74 Å². The molecule has 1 aromatic heterocycles. The molecule has 0 saturated carbocycles. The Bertz CT molecular complexity index is 1010. The van der Waals surface area contributed by atoms with Crippen molar-refractivity contribution >= 4 is 22.9 Å². The predicted octanol–water partition coefficient (Wildman–Crippen LogP) is 2.87. The molecule has 7 heteroatoms. The molecule has 3 rings (SSSR count). The van der Waals surface area contributed by atoms with Crippen molar-refractivity contribution in [3.05, 3.63) is 70.1 Å². The van der Waals surface area contributed by atoms with Gasteiger partial charge in [-0.2, -0.15) is 10.2 Å². The van der Waals surface area contributed by atoms with Crippen LogP contribution in [0.5, 0.6) is 5.75 Å². The van der Waals surface area contributed by atoms with Crippen LogP contribution in [0.3, 0.4) is 0 Å². The van der Waals surface area contributed by atoms with Crippen molar-refractivity contribution < 1.29 is 9.53 Å². The van der Waals surface area contributed by atoms with Gasteiger partial charge in [0.25, 0.3) is 11.5 Å². The molecule has 0 aliphatic rings.